The maximum atomic E-state index is 14.1. The molecule has 0 radical (unpaired) electrons. The van der Waals surface area contributed by atoms with Gasteiger partial charge in [-0.1, -0.05) is 0 Å². The van der Waals surface area contributed by atoms with Gasteiger partial charge < -0.3 is 25.0 Å². The Morgan fingerprint density at radius 2 is 2.10 bits per heavy atom. The summed E-state index contributed by atoms with van der Waals surface area (Å²) in [6.07, 6.45) is 7.73. The van der Waals surface area contributed by atoms with Crippen LogP contribution in [0, 0.1) is 0 Å². The van der Waals surface area contributed by atoms with Gasteiger partial charge in [0.15, 0.2) is 5.65 Å². The van der Waals surface area contributed by atoms with Crippen LogP contribution in [0.15, 0.2) is 43.0 Å². The van der Waals surface area contributed by atoms with Crippen molar-refractivity contribution < 1.29 is 23.5 Å². The van der Waals surface area contributed by atoms with Gasteiger partial charge in [0.25, 0.3) is 5.91 Å². The number of likely N-dealkylation sites (tertiary alicyclic amines) is 1. The molecule has 1 aromatic carbocycles. The summed E-state index contributed by atoms with van der Waals surface area (Å²) in [4.78, 5) is 32.5. The maximum absolute atomic E-state index is 14.1. The van der Waals surface area contributed by atoms with Crippen LogP contribution in [0.2, 0.25) is 0 Å². The van der Waals surface area contributed by atoms with Crippen molar-refractivity contribution in [3.63, 3.8) is 0 Å². The molecule has 1 saturated heterocycles. The number of hydrogen-bond acceptors (Lipinski definition) is 8. The Hall–Kier alpha value is -4.68. The summed E-state index contributed by atoms with van der Waals surface area (Å²) < 4.78 is 28.4. The van der Waals surface area contributed by atoms with Crippen LogP contribution in [0.4, 0.5) is 15.8 Å². The van der Waals surface area contributed by atoms with Crippen LogP contribution in [-0.4, -0.2) is 73.7 Å². The van der Waals surface area contributed by atoms with Crippen LogP contribution in [-0.2, 0) is 11.3 Å². The number of benzene rings is 1. The number of hydrogen-bond donors (Lipinski definition) is 2. The van der Waals surface area contributed by atoms with Gasteiger partial charge in [0.05, 0.1) is 23.1 Å². The van der Waals surface area contributed by atoms with Gasteiger partial charge in [0.1, 0.15) is 35.9 Å². The molecule has 1 unspecified atom stereocenters. The van der Waals surface area contributed by atoms with E-state index in [1.54, 1.807) is 36.8 Å². The van der Waals surface area contributed by atoms with Crippen molar-refractivity contribution >= 4 is 28.8 Å². The number of nitrogens with zero attached hydrogens (tertiary/aromatic N) is 6. The molecule has 208 valence electrons. The molecule has 6 rings (SSSR count). The first-order chi connectivity index (χ1) is 19.5. The summed E-state index contributed by atoms with van der Waals surface area (Å²) in [5.74, 6) is 0.231. The van der Waals surface area contributed by atoms with Crippen LogP contribution in [0.3, 0.4) is 0 Å². The minimum Gasteiger partial charge on any atom is -0.490 e. The summed E-state index contributed by atoms with van der Waals surface area (Å²) in [7, 11) is 0. The number of alkyl halides is 1. The second-order valence-corrected chi connectivity index (χ2v) is 9.71. The quantitative estimate of drug-likeness (QED) is 0.360. The van der Waals surface area contributed by atoms with Crippen LogP contribution >= 0.6 is 0 Å². The molecule has 0 aliphatic carbocycles. The monoisotopic (exact) mass is 548 g/mol. The molecule has 5 heterocycles. The Labute approximate surface area is 229 Å². The maximum Gasteiger partial charge on any atom is 0.261 e. The third-order valence-corrected chi connectivity index (χ3v) is 6.84. The number of piperidine rings is 1. The lowest BCUT2D eigenvalue weighted by molar-refractivity contribution is -0.132. The number of rotatable bonds is 7. The zero-order valence-electron chi connectivity index (χ0n) is 22.0. The lowest BCUT2D eigenvalue weighted by Crippen LogP contribution is -2.37. The van der Waals surface area contributed by atoms with E-state index < -0.39 is 12.3 Å². The molecule has 1 fully saturated rings. The third kappa shape index (κ3) is 5.14. The fourth-order valence-electron chi connectivity index (χ4n) is 4.97. The first-order valence-corrected chi connectivity index (χ1v) is 13.3. The van der Waals surface area contributed by atoms with Crippen molar-refractivity contribution in [2.75, 3.05) is 36.9 Å². The predicted octanol–water partition coefficient (Wildman–Crippen LogP) is 3.36. The molecule has 40 heavy (non-hydrogen) atoms. The van der Waals surface area contributed by atoms with Gasteiger partial charge in [-0.05, 0) is 31.4 Å². The van der Waals surface area contributed by atoms with Gasteiger partial charge >= 0.3 is 0 Å². The summed E-state index contributed by atoms with van der Waals surface area (Å²) in [6.45, 7) is 3.73. The number of carbonyl (C=O) groups is 2. The Balaban J connectivity index is 1.40. The van der Waals surface area contributed by atoms with E-state index in [1.807, 2.05) is 4.90 Å². The third-order valence-electron chi connectivity index (χ3n) is 6.84. The topological polar surface area (TPSA) is 128 Å². The van der Waals surface area contributed by atoms with Crippen LogP contribution in [0.25, 0.3) is 16.9 Å². The van der Waals surface area contributed by atoms with Crippen molar-refractivity contribution in [2.24, 2.45) is 0 Å². The van der Waals surface area contributed by atoms with E-state index in [2.05, 4.69) is 25.8 Å². The summed E-state index contributed by atoms with van der Waals surface area (Å²) >= 11 is 0. The highest BCUT2D eigenvalue weighted by molar-refractivity contribution is 6.09. The SMILES string of the molecule is CC(F)Oc1cc2c(cc1-c1nn(CC(=O)N3CCCCC3)cc1NC(=O)c1cnn3cccnc13)OCCN2. The average molecular weight is 549 g/mol. The van der Waals surface area contributed by atoms with Crippen LogP contribution in [0.5, 0.6) is 11.5 Å². The van der Waals surface area contributed by atoms with Gasteiger partial charge in [-0.2, -0.15) is 10.2 Å². The largest absolute Gasteiger partial charge is 0.490 e. The lowest BCUT2D eigenvalue weighted by atomic mass is 10.1. The standard InChI is InChI=1S/C27H29FN8O4/c1-17(28)40-22-13-20-23(39-11-7-29-20)12-18(22)25-21(15-35(33-25)16-24(37)34-8-3-2-4-9-34)32-27(38)19-14-31-36-10-5-6-30-26(19)36/h5-6,10,12-15,17,29H,2-4,7-9,11,16H2,1H3,(H,32,38). The number of carbonyl (C=O) groups excluding carboxylic acids is 2. The number of nitrogens with one attached hydrogen (secondary N) is 2. The minimum absolute atomic E-state index is 0.0140. The number of halogens is 1. The van der Waals surface area contributed by atoms with Gasteiger partial charge in [-0.3, -0.25) is 14.3 Å². The van der Waals surface area contributed by atoms with E-state index in [0.29, 0.717) is 60.3 Å². The molecular formula is C27H29FN8O4. The molecule has 2 aliphatic rings. The van der Waals surface area contributed by atoms with E-state index in [4.69, 9.17) is 9.47 Å². The Kier molecular flexibility index (Phi) is 6.93. The molecule has 13 heteroatoms. The van der Waals surface area contributed by atoms with Gasteiger partial charge in [0, 0.05) is 51.2 Å². The number of ether oxygens (including phenoxy) is 2. The summed E-state index contributed by atoms with van der Waals surface area (Å²) in [6, 6.07) is 5.06. The molecular weight excluding hydrogens is 519 g/mol. The molecule has 0 bridgehead atoms. The van der Waals surface area contributed by atoms with Crippen molar-refractivity contribution in [1.29, 1.82) is 0 Å². The average Bonchev–Trinajstić information content (AvgIpc) is 3.57. The fourth-order valence-corrected chi connectivity index (χ4v) is 4.97. The second kappa shape index (κ2) is 10.8. The Bertz CT molecular complexity index is 1560. The Morgan fingerprint density at radius 1 is 1.25 bits per heavy atom. The molecule has 3 aromatic heterocycles. The van der Waals surface area contributed by atoms with Crippen LogP contribution in [0.1, 0.15) is 36.5 Å². The van der Waals surface area contributed by atoms with Crippen LogP contribution < -0.4 is 20.1 Å². The highest BCUT2D eigenvalue weighted by Gasteiger charge is 2.25. The van der Waals surface area contributed by atoms with Gasteiger partial charge in [-0.25, -0.2) is 13.9 Å². The Morgan fingerprint density at radius 3 is 2.92 bits per heavy atom. The normalized spacial score (nSPS) is 15.6. The van der Waals surface area contributed by atoms with Crippen molar-refractivity contribution in [1.82, 2.24) is 29.3 Å². The van der Waals surface area contributed by atoms with Gasteiger partial charge in [-0.15, -0.1) is 0 Å². The first kappa shape index (κ1) is 25.6. The number of anilines is 2. The summed E-state index contributed by atoms with van der Waals surface area (Å²) in [5.41, 5.74) is 2.33. The van der Waals surface area contributed by atoms with E-state index in [0.717, 1.165) is 19.3 Å². The lowest BCUT2D eigenvalue weighted by Gasteiger charge is -2.26. The highest BCUT2D eigenvalue weighted by atomic mass is 19.1. The van der Waals surface area contributed by atoms with Gasteiger partial charge in [0.2, 0.25) is 12.3 Å². The molecule has 1 atom stereocenters. The zero-order chi connectivity index (χ0) is 27.6. The molecule has 2 aliphatic heterocycles. The number of fused-ring (bicyclic) bond motifs is 2. The molecule has 12 nitrogen and oxygen atoms in total. The van der Waals surface area contributed by atoms with E-state index in [9.17, 15) is 14.0 Å². The minimum atomic E-state index is -1.60. The smallest absolute Gasteiger partial charge is 0.261 e. The van der Waals surface area contributed by atoms with E-state index in [-0.39, 0.29) is 23.8 Å². The number of amides is 2. The number of aromatic nitrogens is 5. The van der Waals surface area contributed by atoms with Crippen molar-refractivity contribution in [2.45, 2.75) is 39.1 Å². The molecule has 0 saturated carbocycles. The van der Waals surface area contributed by atoms with E-state index >= 15 is 0 Å². The van der Waals surface area contributed by atoms with Crippen molar-refractivity contribution in [3.8, 4) is 22.8 Å². The first-order valence-electron chi connectivity index (χ1n) is 13.3. The summed E-state index contributed by atoms with van der Waals surface area (Å²) in [5, 5.41) is 15.0. The predicted molar refractivity (Wildman–Crippen MR) is 144 cm³/mol. The molecule has 4 aromatic rings. The molecule has 0 spiro atoms. The second-order valence-electron chi connectivity index (χ2n) is 9.71. The van der Waals surface area contributed by atoms with E-state index in [1.165, 1.54) is 22.3 Å². The fraction of sp³-hybridized carbons (Fsp3) is 0.370. The zero-order valence-corrected chi connectivity index (χ0v) is 22.0. The van der Waals surface area contributed by atoms with Crippen molar-refractivity contribution in [3.05, 3.63) is 48.5 Å². The molecule has 2 N–H and O–H groups in total. The molecule has 2 amide bonds. The highest BCUT2D eigenvalue weighted by Crippen LogP contribution is 2.42.